The number of hydrogen-bond acceptors (Lipinski definition) is 2. The average molecular weight is 282 g/mol. The van der Waals surface area contributed by atoms with E-state index in [2.05, 4.69) is 28.1 Å². The van der Waals surface area contributed by atoms with E-state index in [1.165, 1.54) is 12.8 Å². The first-order valence-electron chi connectivity index (χ1n) is 5.93. The van der Waals surface area contributed by atoms with Gasteiger partial charge in [-0.15, -0.1) is 0 Å². The zero-order chi connectivity index (χ0) is 11.2. The molecule has 1 aromatic carbocycles. The summed E-state index contributed by atoms with van der Waals surface area (Å²) in [7, 11) is 0. The number of nitrogens with two attached hydrogens (primary N) is 1. The molecule has 1 unspecified atom stereocenters. The Labute approximate surface area is 104 Å². The minimum Gasteiger partial charge on any atom is -0.487 e. The molecule has 86 valence electrons. The topological polar surface area (TPSA) is 35.2 Å². The Hall–Kier alpha value is -0.540. The normalized spacial score (nSPS) is 26.5. The Balaban J connectivity index is 2.00. The van der Waals surface area contributed by atoms with Crippen molar-refractivity contribution in [3.8, 4) is 5.75 Å². The van der Waals surface area contributed by atoms with Crippen LogP contribution in [-0.4, -0.2) is 5.60 Å². The van der Waals surface area contributed by atoms with Gasteiger partial charge in [-0.2, -0.15) is 0 Å². The quantitative estimate of drug-likeness (QED) is 0.790. The lowest BCUT2D eigenvalue weighted by Crippen LogP contribution is -2.40. The molecule has 1 aliphatic carbocycles. The molecule has 3 rings (SSSR count). The molecule has 16 heavy (non-hydrogen) atoms. The average Bonchev–Trinajstić information content (AvgIpc) is 2.65. The molecule has 2 N–H and O–H groups in total. The first-order valence-corrected chi connectivity index (χ1v) is 6.72. The lowest BCUT2D eigenvalue weighted by Gasteiger charge is -2.38. The standard InChI is InChI=1S/C13H16BrNO/c14-9-3-4-10-11(15)8-13(5-1-2-6-13)16-12(10)7-9/h3-4,7,11H,1-2,5-6,8,15H2. The van der Waals surface area contributed by atoms with Crippen LogP contribution < -0.4 is 10.5 Å². The third-order valence-electron chi connectivity index (χ3n) is 3.81. The van der Waals surface area contributed by atoms with Crippen LogP contribution in [0.2, 0.25) is 0 Å². The molecule has 2 aliphatic rings. The Kier molecular flexibility index (Phi) is 2.48. The smallest absolute Gasteiger partial charge is 0.126 e. The van der Waals surface area contributed by atoms with Crippen molar-refractivity contribution in [2.45, 2.75) is 43.7 Å². The van der Waals surface area contributed by atoms with Gasteiger partial charge in [-0.25, -0.2) is 0 Å². The van der Waals surface area contributed by atoms with Crippen LogP contribution in [0.25, 0.3) is 0 Å². The number of ether oxygens (including phenoxy) is 1. The summed E-state index contributed by atoms with van der Waals surface area (Å²) in [5.41, 5.74) is 7.44. The van der Waals surface area contributed by atoms with E-state index in [-0.39, 0.29) is 11.6 Å². The van der Waals surface area contributed by atoms with Gasteiger partial charge in [-0.3, -0.25) is 0 Å². The fraction of sp³-hybridized carbons (Fsp3) is 0.538. The van der Waals surface area contributed by atoms with Crippen molar-refractivity contribution in [1.82, 2.24) is 0 Å². The van der Waals surface area contributed by atoms with Gasteiger partial charge >= 0.3 is 0 Å². The highest BCUT2D eigenvalue weighted by molar-refractivity contribution is 9.10. The predicted octanol–water partition coefficient (Wildman–Crippen LogP) is 3.54. The van der Waals surface area contributed by atoms with Gasteiger partial charge in [0.05, 0.1) is 0 Å². The first kappa shape index (κ1) is 10.6. The highest BCUT2D eigenvalue weighted by Gasteiger charge is 2.41. The van der Waals surface area contributed by atoms with Crippen LogP contribution in [0.5, 0.6) is 5.75 Å². The van der Waals surface area contributed by atoms with Gasteiger partial charge in [0.1, 0.15) is 11.4 Å². The molecule has 1 spiro atoms. The van der Waals surface area contributed by atoms with E-state index in [0.29, 0.717) is 0 Å². The van der Waals surface area contributed by atoms with Crippen molar-refractivity contribution in [3.05, 3.63) is 28.2 Å². The van der Waals surface area contributed by atoms with E-state index < -0.39 is 0 Å². The first-order chi connectivity index (χ1) is 7.69. The second-order valence-electron chi connectivity index (χ2n) is 4.98. The summed E-state index contributed by atoms with van der Waals surface area (Å²) in [5, 5.41) is 0. The molecule has 1 heterocycles. The number of rotatable bonds is 0. The molecule has 1 atom stereocenters. The van der Waals surface area contributed by atoms with E-state index in [1.54, 1.807) is 0 Å². The molecule has 3 heteroatoms. The van der Waals surface area contributed by atoms with Crippen LogP contribution in [0.3, 0.4) is 0 Å². The lowest BCUT2D eigenvalue weighted by atomic mass is 9.86. The summed E-state index contributed by atoms with van der Waals surface area (Å²) in [6, 6.07) is 6.30. The van der Waals surface area contributed by atoms with E-state index >= 15 is 0 Å². The zero-order valence-electron chi connectivity index (χ0n) is 9.21. The molecule has 0 amide bonds. The number of halogens is 1. The molecule has 0 saturated heterocycles. The molecule has 0 bridgehead atoms. The van der Waals surface area contributed by atoms with Crippen molar-refractivity contribution in [1.29, 1.82) is 0 Å². The SMILES string of the molecule is NC1CC2(CCCC2)Oc2cc(Br)ccc21. The molecule has 1 saturated carbocycles. The zero-order valence-corrected chi connectivity index (χ0v) is 10.8. The van der Waals surface area contributed by atoms with E-state index in [4.69, 9.17) is 10.5 Å². The maximum Gasteiger partial charge on any atom is 0.126 e. The van der Waals surface area contributed by atoms with Crippen molar-refractivity contribution in [3.63, 3.8) is 0 Å². The van der Waals surface area contributed by atoms with E-state index in [1.807, 2.05) is 6.07 Å². The third-order valence-corrected chi connectivity index (χ3v) is 4.30. The summed E-state index contributed by atoms with van der Waals surface area (Å²) < 4.78 is 7.29. The van der Waals surface area contributed by atoms with Crippen LogP contribution in [0.15, 0.2) is 22.7 Å². The van der Waals surface area contributed by atoms with Crippen molar-refractivity contribution >= 4 is 15.9 Å². The highest BCUT2D eigenvalue weighted by Crippen LogP contribution is 2.46. The lowest BCUT2D eigenvalue weighted by molar-refractivity contribution is 0.0425. The Morgan fingerprint density at radius 1 is 1.31 bits per heavy atom. The number of hydrogen-bond donors (Lipinski definition) is 1. The minimum absolute atomic E-state index is 0.0349. The van der Waals surface area contributed by atoms with Crippen LogP contribution in [0.1, 0.15) is 43.7 Å². The van der Waals surface area contributed by atoms with Gasteiger partial charge < -0.3 is 10.5 Å². The molecular formula is C13H16BrNO. The minimum atomic E-state index is 0.0349. The Morgan fingerprint density at radius 2 is 2.06 bits per heavy atom. The van der Waals surface area contributed by atoms with Crippen LogP contribution in [-0.2, 0) is 0 Å². The van der Waals surface area contributed by atoms with Crippen LogP contribution in [0.4, 0.5) is 0 Å². The highest BCUT2D eigenvalue weighted by atomic mass is 79.9. The number of fused-ring (bicyclic) bond motifs is 1. The van der Waals surface area contributed by atoms with E-state index in [9.17, 15) is 0 Å². The second kappa shape index (κ2) is 3.74. The second-order valence-corrected chi connectivity index (χ2v) is 5.90. The molecule has 2 nitrogen and oxygen atoms in total. The molecule has 1 fully saturated rings. The van der Waals surface area contributed by atoms with Crippen LogP contribution in [0, 0.1) is 0 Å². The van der Waals surface area contributed by atoms with Crippen molar-refractivity contribution in [2.24, 2.45) is 5.73 Å². The fourth-order valence-corrected chi connectivity index (χ4v) is 3.35. The van der Waals surface area contributed by atoms with Gasteiger partial charge in [0.2, 0.25) is 0 Å². The van der Waals surface area contributed by atoms with Gasteiger partial charge in [-0.1, -0.05) is 22.0 Å². The summed E-state index contributed by atoms with van der Waals surface area (Å²) in [4.78, 5) is 0. The molecule has 0 radical (unpaired) electrons. The molecule has 1 aliphatic heterocycles. The maximum atomic E-state index is 6.26. The van der Waals surface area contributed by atoms with Gasteiger partial charge in [0.25, 0.3) is 0 Å². The van der Waals surface area contributed by atoms with Gasteiger partial charge in [0, 0.05) is 22.5 Å². The van der Waals surface area contributed by atoms with E-state index in [0.717, 1.165) is 35.0 Å². The molecule has 0 aromatic heterocycles. The Bertz CT molecular complexity index is 412. The largest absolute Gasteiger partial charge is 0.487 e. The van der Waals surface area contributed by atoms with Crippen LogP contribution >= 0.6 is 15.9 Å². The monoisotopic (exact) mass is 281 g/mol. The summed E-state index contributed by atoms with van der Waals surface area (Å²) >= 11 is 3.49. The predicted molar refractivity (Wildman–Crippen MR) is 67.5 cm³/mol. The summed E-state index contributed by atoms with van der Waals surface area (Å²) in [6.07, 6.45) is 5.84. The van der Waals surface area contributed by atoms with Gasteiger partial charge in [-0.05, 0) is 37.8 Å². The number of benzene rings is 1. The van der Waals surface area contributed by atoms with Crippen molar-refractivity contribution in [2.75, 3.05) is 0 Å². The summed E-state index contributed by atoms with van der Waals surface area (Å²) in [6.45, 7) is 0. The van der Waals surface area contributed by atoms with Gasteiger partial charge in [0.15, 0.2) is 0 Å². The fourth-order valence-electron chi connectivity index (χ4n) is 3.01. The van der Waals surface area contributed by atoms with Crippen molar-refractivity contribution < 1.29 is 4.74 Å². The maximum absolute atomic E-state index is 6.26. The third kappa shape index (κ3) is 1.66. The Morgan fingerprint density at radius 3 is 2.81 bits per heavy atom. The summed E-state index contributed by atoms with van der Waals surface area (Å²) in [5.74, 6) is 0.982. The molecular weight excluding hydrogens is 266 g/mol. The molecule has 1 aromatic rings.